The zero-order chi connectivity index (χ0) is 14.6. The Morgan fingerprint density at radius 3 is 2.55 bits per heavy atom. The largest absolute Gasteiger partial charge is 0.469 e. The van der Waals surface area contributed by atoms with Crippen molar-refractivity contribution in [3.8, 4) is 0 Å². The summed E-state index contributed by atoms with van der Waals surface area (Å²) in [4.78, 5) is 22.3. The van der Waals surface area contributed by atoms with Crippen molar-refractivity contribution in [1.82, 2.24) is 0 Å². The van der Waals surface area contributed by atoms with E-state index < -0.39 is 5.97 Å². The van der Waals surface area contributed by atoms with Crippen molar-refractivity contribution in [2.75, 3.05) is 12.9 Å². The summed E-state index contributed by atoms with van der Waals surface area (Å²) in [6.07, 6.45) is 3.41. The van der Waals surface area contributed by atoms with E-state index >= 15 is 0 Å². The molecule has 0 aliphatic heterocycles. The third kappa shape index (κ3) is 8.00. The Bertz CT molecular complexity index is 403. The molecule has 0 aromatic heterocycles. The van der Waals surface area contributed by atoms with E-state index in [1.807, 2.05) is 17.8 Å². The summed E-state index contributed by atoms with van der Waals surface area (Å²) >= 11 is 1.92. The first-order valence-electron chi connectivity index (χ1n) is 6.92. The van der Waals surface area contributed by atoms with Crippen LogP contribution in [0.25, 0.3) is 0 Å². The Labute approximate surface area is 125 Å². The van der Waals surface area contributed by atoms with Gasteiger partial charge in [0.25, 0.3) is 0 Å². The molecule has 0 heterocycles. The van der Waals surface area contributed by atoms with Crippen LogP contribution in [0, 0.1) is 0 Å². The van der Waals surface area contributed by atoms with Gasteiger partial charge in [-0.25, -0.2) is 0 Å². The first-order valence-corrected chi connectivity index (χ1v) is 8.08. The van der Waals surface area contributed by atoms with E-state index in [1.165, 1.54) is 12.7 Å². The highest BCUT2D eigenvalue weighted by atomic mass is 32.2. The average molecular weight is 294 g/mol. The third-order valence-corrected chi connectivity index (χ3v) is 4.04. The molecule has 110 valence electrons. The first-order chi connectivity index (χ1) is 9.72. The van der Waals surface area contributed by atoms with Crippen LogP contribution in [-0.4, -0.2) is 24.6 Å². The minimum Gasteiger partial charge on any atom is -0.469 e. The molecular weight excluding hydrogens is 272 g/mol. The van der Waals surface area contributed by atoms with E-state index in [9.17, 15) is 9.59 Å². The molecule has 0 fully saturated rings. The predicted octanol–water partition coefficient (Wildman–Crippen LogP) is 3.61. The smallest absolute Gasteiger partial charge is 0.313 e. The monoisotopic (exact) mass is 294 g/mol. The summed E-state index contributed by atoms with van der Waals surface area (Å²) in [5.74, 6) is 1.70. The van der Waals surface area contributed by atoms with Gasteiger partial charge in [0.15, 0.2) is 0 Å². The summed E-state index contributed by atoms with van der Waals surface area (Å²) in [5.41, 5.74) is 1.35. The summed E-state index contributed by atoms with van der Waals surface area (Å²) in [7, 11) is 1.31. The van der Waals surface area contributed by atoms with Crippen LogP contribution >= 0.6 is 11.8 Å². The fourth-order valence-electron chi connectivity index (χ4n) is 1.79. The highest BCUT2D eigenvalue weighted by Gasteiger charge is 2.08. The minimum atomic E-state index is -0.437. The number of thioether (sulfide) groups is 1. The van der Waals surface area contributed by atoms with Crippen molar-refractivity contribution < 1.29 is 14.3 Å². The number of carbonyl (C=O) groups is 2. The van der Waals surface area contributed by atoms with Crippen molar-refractivity contribution in [3.63, 3.8) is 0 Å². The van der Waals surface area contributed by atoms with Crippen LogP contribution in [0.2, 0.25) is 0 Å². The maximum absolute atomic E-state index is 11.4. The SMILES string of the molecule is COC(=O)CC(=O)CCCCCSCc1ccccc1. The topological polar surface area (TPSA) is 43.4 Å². The highest BCUT2D eigenvalue weighted by Crippen LogP contribution is 2.14. The van der Waals surface area contributed by atoms with Gasteiger partial charge in [-0.05, 0) is 24.2 Å². The standard InChI is InChI=1S/C16H22O3S/c1-19-16(18)12-15(17)10-6-3-7-11-20-13-14-8-4-2-5-9-14/h2,4-5,8-9H,3,6-7,10-13H2,1H3. The van der Waals surface area contributed by atoms with Crippen molar-refractivity contribution >= 4 is 23.5 Å². The van der Waals surface area contributed by atoms with Gasteiger partial charge < -0.3 is 4.74 Å². The molecule has 0 unspecified atom stereocenters. The van der Waals surface area contributed by atoms with Crippen LogP contribution in [0.15, 0.2) is 30.3 Å². The van der Waals surface area contributed by atoms with E-state index in [1.54, 1.807) is 0 Å². The van der Waals surface area contributed by atoms with Gasteiger partial charge in [0.1, 0.15) is 12.2 Å². The van der Waals surface area contributed by atoms with Crippen LogP contribution in [0.1, 0.15) is 37.7 Å². The molecule has 0 atom stereocenters. The Balaban J connectivity index is 1.95. The van der Waals surface area contributed by atoms with Crippen LogP contribution in [0.3, 0.4) is 0 Å². The van der Waals surface area contributed by atoms with Gasteiger partial charge in [-0.2, -0.15) is 11.8 Å². The fraction of sp³-hybridized carbons (Fsp3) is 0.500. The number of benzene rings is 1. The molecule has 0 saturated carbocycles. The molecule has 0 amide bonds. The second-order valence-corrected chi connectivity index (χ2v) is 5.75. The molecule has 20 heavy (non-hydrogen) atoms. The van der Waals surface area contributed by atoms with E-state index in [0.717, 1.165) is 30.8 Å². The average Bonchev–Trinajstić information content (AvgIpc) is 2.47. The number of rotatable bonds is 10. The Morgan fingerprint density at radius 1 is 1.10 bits per heavy atom. The number of ketones is 1. The van der Waals surface area contributed by atoms with Gasteiger partial charge in [-0.1, -0.05) is 36.8 Å². The normalized spacial score (nSPS) is 10.2. The Hall–Kier alpha value is -1.29. The van der Waals surface area contributed by atoms with Gasteiger partial charge in [0, 0.05) is 12.2 Å². The summed E-state index contributed by atoms with van der Waals surface area (Å²) < 4.78 is 4.46. The number of hydrogen-bond acceptors (Lipinski definition) is 4. The molecular formula is C16H22O3S. The fourth-order valence-corrected chi connectivity index (χ4v) is 2.77. The molecule has 0 N–H and O–H groups in total. The molecule has 0 bridgehead atoms. The number of carbonyl (C=O) groups excluding carboxylic acids is 2. The van der Waals surface area contributed by atoms with Crippen molar-refractivity contribution in [1.29, 1.82) is 0 Å². The molecule has 1 aromatic rings. The molecule has 0 aliphatic carbocycles. The van der Waals surface area contributed by atoms with Gasteiger partial charge >= 0.3 is 5.97 Å². The van der Waals surface area contributed by atoms with Crippen molar-refractivity contribution in [2.24, 2.45) is 0 Å². The van der Waals surface area contributed by atoms with Crippen LogP contribution in [-0.2, 0) is 20.1 Å². The molecule has 0 spiro atoms. The zero-order valence-corrected chi connectivity index (χ0v) is 12.8. The van der Waals surface area contributed by atoms with E-state index in [0.29, 0.717) is 6.42 Å². The van der Waals surface area contributed by atoms with Gasteiger partial charge in [-0.15, -0.1) is 0 Å². The number of hydrogen-bond donors (Lipinski definition) is 0. The maximum atomic E-state index is 11.4. The third-order valence-electron chi connectivity index (χ3n) is 2.93. The van der Waals surface area contributed by atoms with Crippen molar-refractivity contribution in [2.45, 2.75) is 37.9 Å². The van der Waals surface area contributed by atoms with E-state index in [-0.39, 0.29) is 12.2 Å². The number of unbranched alkanes of at least 4 members (excludes halogenated alkanes) is 2. The molecule has 0 radical (unpaired) electrons. The minimum absolute atomic E-state index is 0.0196. The van der Waals surface area contributed by atoms with E-state index in [4.69, 9.17) is 0 Å². The predicted molar refractivity (Wildman–Crippen MR) is 82.7 cm³/mol. The van der Waals surface area contributed by atoms with Crippen LogP contribution in [0.5, 0.6) is 0 Å². The van der Waals surface area contributed by atoms with Crippen molar-refractivity contribution in [3.05, 3.63) is 35.9 Å². The lowest BCUT2D eigenvalue weighted by molar-refractivity contribution is -0.143. The second kappa shape index (κ2) is 10.5. The maximum Gasteiger partial charge on any atom is 0.313 e. The molecule has 4 heteroatoms. The Kier molecular flexibility index (Phi) is 8.79. The van der Waals surface area contributed by atoms with Crippen LogP contribution < -0.4 is 0 Å². The lowest BCUT2D eigenvalue weighted by atomic mass is 10.1. The second-order valence-electron chi connectivity index (χ2n) is 4.64. The molecule has 1 aromatic carbocycles. The van der Waals surface area contributed by atoms with Gasteiger partial charge in [0.05, 0.1) is 7.11 Å². The molecule has 0 saturated heterocycles. The molecule has 3 nitrogen and oxygen atoms in total. The lowest BCUT2D eigenvalue weighted by Gasteiger charge is -2.02. The number of ether oxygens (including phenoxy) is 1. The first kappa shape index (κ1) is 16.8. The molecule has 1 rings (SSSR count). The van der Waals surface area contributed by atoms with E-state index in [2.05, 4.69) is 29.0 Å². The van der Waals surface area contributed by atoms with Gasteiger partial charge in [0.2, 0.25) is 0 Å². The lowest BCUT2D eigenvalue weighted by Crippen LogP contribution is -2.08. The Morgan fingerprint density at radius 2 is 1.85 bits per heavy atom. The number of esters is 1. The highest BCUT2D eigenvalue weighted by molar-refractivity contribution is 7.98. The van der Waals surface area contributed by atoms with Crippen LogP contribution in [0.4, 0.5) is 0 Å². The number of methoxy groups -OCH3 is 1. The quantitative estimate of drug-likeness (QED) is 0.375. The summed E-state index contributed by atoms with van der Waals surface area (Å²) in [6.45, 7) is 0. The number of Topliss-reactive ketones (excluding diaryl/α,β-unsaturated/α-hetero) is 1. The van der Waals surface area contributed by atoms with Gasteiger partial charge in [-0.3, -0.25) is 9.59 Å². The summed E-state index contributed by atoms with van der Waals surface area (Å²) in [5, 5.41) is 0. The summed E-state index contributed by atoms with van der Waals surface area (Å²) in [6, 6.07) is 10.4. The molecule has 0 aliphatic rings. The zero-order valence-electron chi connectivity index (χ0n) is 12.0.